The van der Waals surface area contributed by atoms with E-state index in [1.54, 1.807) is 6.92 Å². The number of hydrogen-bond acceptors (Lipinski definition) is 2. The minimum atomic E-state index is -4.17. The van der Waals surface area contributed by atoms with Crippen LogP contribution in [0.3, 0.4) is 0 Å². The lowest BCUT2D eigenvalue weighted by atomic mass is 10.4. The summed E-state index contributed by atoms with van der Waals surface area (Å²) in [6, 6.07) is 0. The zero-order valence-electron chi connectivity index (χ0n) is 7.43. The van der Waals surface area contributed by atoms with Crippen LogP contribution in [-0.4, -0.2) is 33.8 Å². The van der Waals surface area contributed by atoms with Crippen LogP contribution in [-0.2, 0) is 4.57 Å². The fourth-order valence-electron chi connectivity index (χ4n) is 1.07. The standard InChI is InChI=1S/C6H16NO4P/c1-3-5-7(8,4-2)6-12(9,10)11/h3-6H2,1-2H3,(H2,9,10,11). The second-order valence-electron chi connectivity index (χ2n) is 2.90. The van der Waals surface area contributed by atoms with E-state index in [-0.39, 0.29) is 13.1 Å². The highest BCUT2D eigenvalue weighted by Gasteiger charge is 2.25. The second-order valence-corrected chi connectivity index (χ2v) is 4.52. The summed E-state index contributed by atoms with van der Waals surface area (Å²) < 4.78 is 9.77. The average Bonchev–Trinajstić information content (AvgIpc) is 1.84. The van der Waals surface area contributed by atoms with Gasteiger partial charge < -0.3 is 19.6 Å². The van der Waals surface area contributed by atoms with Crippen molar-refractivity contribution in [3.63, 3.8) is 0 Å². The quantitative estimate of drug-likeness (QED) is 0.389. The van der Waals surface area contributed by atoms with Crippen molar-refractivity contribution in [2.75, 3.05) is 19.4 Å². The van der Waals surface area contributed by atoms with Gasteiger partial charge in [-0.2, -0.15) is 0 Å². The molecule has 0 spiro atoms. The molecule has 0 fully saturated rings. The maximum Gasteiger partial charge on any atom is 0.379 e. The van der Waals surface area contributed by atoms with Crippen molar-refractivity contribution >= 4 is 7.60 Å². The van der Waals surface area contributed by atoms with Crippen LogP contribution in [0.4, 0.5) is 0 Å². The number of quaternary nitrogens is 1. The maximum atomic E-state index is 11.5. The summed E-state index contributed by atoms with van der Waals surface area (Å²) in [6.45, 7) is 3.93. The first-order valence-electron chi connectivity index (χ1n) is 3.94. The molecular weight excluding hydrogens is 181 g/mol. The predicted octanol–water partition coefficient (Wildman–Crippen LogP) is 0.866. The molecule has 0 aromatic heterocycles. The molecule has 1 unspecified atom stereocenters. The fourth-order valence-corrected chi connectivity index (χ4v) is 2.08. The summed E-state index contributed by atoms with van der Waals surface area (Å²) in [4.78, 5) is 17.2. The Hall–Kier alpha value is 0.0700. The Morgan fingerprint density at radius 1 is 1.42 bits per heavy atom. The highest BCUT2D eigenvalue weighted by atomic mass is 31.2. The number of hydrogen-bond donors (Lipinski definition) is 2. The number of hydroxylamine groups is 3. The molecule has 0 aromatic rings. The molecule has 0 aliphatic rings. The van der Waals surface area contributed by atoms with E-state index in [1.165, 1.54) is 0 Å². The van der Waals surface area contributed by atoms with E-state index in [0.717, 1.165) is 0 Å². The molecule has 0 amide bonds. The van der Waals surface area contributed by atoms with Crippen LogP contribution >= 0.6 is 7.60 Å². The van der Waals surface area contributed by atoms with Crippen LogP contribution in [0.25, 0.3) is 0 Å². The highest BCUT2D eigenvalue weighted by Crippen LogP contribution is 2.37. The fraction of sp³-hybridized carbons (Fsp3) is 1.00. The van der Waals surface area contributed by atoms with Gasteiger partial charge in [-0.3, -0.25) is 4.57 Å². The Bertz CT molecular complexity index is 180. The average molecular weight is 197 g/mol. The van der Waals surface area contributed by atoms with Gasteiger partial charge in [-0.25, -0.2) is 0 Å². The second kappa shape index (κ2) is 4.35. The molecule has 74 valence electrons. The molecule has 0 heterocycles. The molecule has 0 aromatic carbocycles. The summed E-state index contributed by atoms with van der Waals surface area (Å²) in [7, 11) is -4.17. The van der Waals surface area contributed by atoms with Gasteiger partial charge in [0.15, 0.2) is 6.29 Å². The Labute approximate surface area is 72.3 Å². The van der Waals surface area contributed by atoms with Crippen LogP contribution in [0.2, 0.25) is 0 Å². The molecule has 0 rings (SSSR count). The Kier molecular flexibility index (Phi) is 4.37. The van der Waals surface area contributed by atoms with Gasteiger partial charge >= 0.3 is 7.60 Å². The normalized spacial score (nSPS) is 17.4. The molecule has 12 heavy (non-hydrogen) atoms. The minimum absolute atomic E-state index is 0.207. The van der Waals surface area contributed by atoms with E-state index in [0.29, 0.717) is 6.42 Å². The van der Waals surface area contributed by atoms with E-state index in [4.69, 9.17) is 9.79 Å². The van der Waals surface area contributed by atoms with E-state index < -0.39 is 18.5 Å². The summed E-state index contributed by atoms with van der Waals surface area (Å²) in [5.74, 6) is 0. The Balaban J connectivity index is 4.23. The third-order valence-corrected chi connectivity index (χ3v) is 2.53. The van der Waals surface area contributed by atoms with Gasteiger partial charge in [-0.05, 0) is 13.3 Å². The van der Waals surface area contributed by atoms with E-state index in [1.807, 2.05) is 6.92 Å². The molecule has 5 nitrogen and oxygen atoms in total. The smallest absolute Gasteiger partial charge is 0.379 e. The maximum absolute atomic E-state index is 11.5. The lowest BCUT2D eigenvalue weighted by Crippen LogP contribution is -2.43. The predicted molar refractivity (Wildman–Crippen MR) is 46.2 cm³/mol. The monoisotopic (exact) mass is 197 g/mol. The van der Waals surface area contributed by atoms with Crippen LogP contribution in [0.1, 0.15) is 20.3 Å². The van der Waals surface area contributed by atoms with Gasteiger partial charge in [-0.1, -0.05) is 6.92 Å². The van der Waals surface area contributed by atoms with Crippen molar-refractivity contribution in [2.45, 2.75) is 20.3 Å². The summed E-state index contributed by atoms with van der Waals surface area (Å²) in [5.41, 5.74) is 0. The van der Waals surface area contributed by atoms with E-state index in [2.05, 4.69) is 0 Å². The molecule has 0 radical (unpaired) electrons. The summed E-state index contributed by atoms with van der Waals surface area (Å²) >= 11 is 0. The lowest BCUT2D eigenvalue weighted by molar-refractivity contribution is -0.868. The molecule has 0 bridgehead atoms. The minimum Gasteiger partial charge on any atom is -0.632 e. The largest absolute Gasteiger partial charge is 0.632 e. The van der Waals surface area contributed by atoms with Gasteiger partial charge in [0.05, 0.1) is 13.1 Å². The topological polar surface area (TPSA) is 80.6 Å². The van der Waals surface area contributed by atoms with Crippen LogP contribution in [0.15, 0.2) is 0 Å². The first-order valence-corrected chi connectivity index (χ1v) is 5.74. The highest BCUT2D eigenvalue weighted by molar-refractivity contribution is 7.51. The lowest BCUT2D eigenvalue weighted by Gasteiger charge is -2.41. The van der Waals surface area contributed by atoms with Crippen molar-refractivity contribution in [1.29, 1.82) is 0 Å². The summed E-state index contributed by atoms with van der Waals surface area (Å²) in [5, 5.41) is 11.5. The van der Waals surface area contributed by atoms with Crippen molar-refractivity contribution in [1.82, 2.24) is 0 Å². The number of rotatable bonds is 5. The first kappa shape index (κ1) is 12.1. The molecular formula is C6H16NO4P. The number of nitrogens with zero attached hydrogens (tertiary/aromatic N) is 1. The van der Waals surface area contributed by atoms with Crippen molar-refractivity contribution < 1.29 is 19.0 Å². The molecule has 0 aliphatic heterocycles. The third-order valence-electron chi connectivity index (χ3n) is 1.65. The molecule has 1 atom stereocenters. The molecule has 2 N–H and O–H groups in total. The van der Waals surface area contributed by atoms with Gasteiger partial charge in [0.1, 0.15) is 0 Å². The third kappa shape index (κ3) is 4.85. The van der Waals surface area contributed by atoms with E-state index in [9.17, 15) is 9.77 Å². The van der Waals surface area contributed by atoms with Gasteiger partial charge in [0.25, 0.3) is 0 Å². The van der Waals surface area contributed by atoms with Crippen LogP contribution in [0, 0.1) is 5.21 Å². The van der Waals surface area contributed by atoms with Gasteiger partial charge in [0.2, 0.25) is 0 Å². The first-order chi connectivity index (χ1) is 5.33. The van der Waals surface area contributed by atoms with Gasteiger partial charge in [-0.15, -0.1) is 0 Å². The van der Waals surface area contributed by atoms with Crippen LogP contribution in [0.5, 0.6) is 0 Å². The summed E-state index contributed by atoms with van der Waals surface area (Å²) in [6.07, 6.45) is 0.0364. The van der Waals surface area contributed by atoms with Crippen LogP contribution < -0.4 is 0 Å². The van der Waals surface area contributed by atoms with E-state index >= 15 is 0 Å². The Morgan fingerprint density at radius 3 is 2.17 bits per heavy atom. The molecule has 0 saturated carbocycles. The van der Waals surface area contributed by atoms with Crippen molar-refractivity contribution in [2.24, 2.45) is 0 Å². The van der Waals surface area contributed by atoms with Gasteiger partial charge in [0, 0.05) is 0 Å². The van der Waals surface area contributed by atoms with Crippen molar-refractivity contribution in [3.05, 3.63) is 5.21 Å². The molecule has 0 aliphatic carbocycles. The molecule has 6 heteroatoms. The Morgan fingerprint density at radius 2 is 1.92 bits per heavy atom. The SMILES string of the molecule is CCC[N+]([O-])(CC)CP(=O)(O)O. The molecule has 0 saturated heterocycles. The zero-order chi connectivity index (χ0) is 9.83. The zero-order valence-corrected chi connectivity index (χ0v) is 8.33. The van der Waals surface area contributed by atoms with Crippen molar-refractivity contribution in [3.8, 4) is 0 Å².